The molecule has 10 rings (SSSR count). The van der Waals surface area contributed by atoms with Crippen LogP contribution in [0.5, 0.6) is 0 Å². The first-order chi connectivity index (χ1) is 24.3. The van der Waals surface area contributed by atoms with Crippen LogP contribution >= 0.6 is 11.3 Å². The highest BCUT2D eigenvalue weighted by atomic mass is 32.1. The van der Waals surface area contributed by atoms with E-state index in [0.29, 0.717) is 0 Å². The lowest BCUT2D eigenvalue weighted by Crippen LogP contribution is -2.10. The number of thiophene rings is 1. The molecule has 2 heterocycles. The predicted octanol–water partition coefficient (Wildman–Crippen LogP) is 13.9. The Kier molecular flexibility index (Phi) is 6.39. The maximum Gasteiger partial charge on any atom is 0.136 e. The van der Waals surface area contributed by atoms with E-state index in [9.17, 15) is 0 Å². The fourth-order valence-corrected chi connectivity index (χ4v) is 8.54. The lowest BCUT2D eigenvalue weighted by Gasteiger charge is -2.27. The van der Waals surface area contributed by atoms with Crippen LogP contribution in [0.1, 0.15) is 0 Å². The second kappa shape index (κ2) is 11.2. The summed E-state index contributed by atoms with van der Waals surface area (Å²) in [5.74, 6) is 0. The molecule has 0 fully saturated rings. The van der Waals surface area contributed by atoms with Gasteiger partial charge in [-0.15, -0.1) is 11.3 Å². The number of hydrogen-bond donors (Lipinski definition) is 0. The Morgan fingerprint density at radius 1 is 0.429 bits per heavy atom. The summed E-state index contributed by atoms with van der Waals surface area (Å²) in [7, 11) is 0. The summed E-state index contributed by atoms with van der Waals surface area (Å²) in [6.45, 7) is 0. The first-order valence-electron chi connectivity index (χ1n) is 16.6. The van der Waals surface area contributed by atoms with Crippen molar-refractivity contribution in [3.05, 3.63) is 176 Å². The number of nitrogens with zero attached hydrogens (tertiary/aromatic N) is 1. The molecule has 8 aromatic carbocycles. The predicted molar refractivity (Wildman–Crippen MR) is 210 cm³/mol. The van der Waals surface area contributed by atoms with Gasteiger partial charge >= 0.3 is 0 Å². The Morgan fingerprint density at radius 2 is 1.14 bits per heavy atom. The summed E-state index contributed by atoms with van der Waals surface area (Å²) in [5.41, 5.74) is 9.91. The Labute approximate surface area is 287 Å². The zero-order valence-corrected chi connectivity index (χ0v) is 27.3. The molecule has 0 atom stereocenters. The fraction of sp³-hybridized carbons (Fsp3) is 0. The van der Waals surface area contributed by atoms with Gasteiger partial charge in [0.05, 0.1) is 10.4 Å². The van der Waals surface area contributed by atoms with Gasteiger partial charge in [-0.1, -0.05) is 121 Å². The van der Waals surface area contributed by atoms with Crippen molar-refractivity contribution in [2.24, 2.45) is 0 Å². The van der Waals surface area contributed by atoms with Crippen LogP contribution in [0.4, 0.5) is 17.1 Å². The van der Waals surface area contributed by atoms with Crippen LogP contribution in [-0.4, -0.2) is 0 Å². The second-order valence-corrected chi connectivity index (χ2v) is 13.6. The van der Waals surface area contributed by atoms with E-state index in [1.807, 2.05) is 23.5 Å². The number of para-hydroxylation sites is 1. The van der Waals surface area contributed by atoms with Crippen molar-refractivity contribution in [2.75, 3.05) is 4.90 Å². The molecular weight excluding hydrogens is 615 g/mol. The minimum absolute atomic E-state index is 0.903. The minimum atomic E-state index is 0.903. The monoisotopic (exact) mass is 643 g/mol. The van der Waals surface area contributed by atoms with E-state index in [0.717, 1.165) is 44.4 Å². The van der Waals surface area contributed by atoms with Gasteiger partial charge < -0.3 is 9.32 Å². The van der Waals surface area contributed by atoms with Crippen LogP contribution < -0.4 is 4.90 Å². The van der Waals surface area contributed by atoms with Crippen molar-refractivity contribution in [1.29, 1.82) is 0 Å². The van der Waals surface area contributed by atoms with Gasteiger partial charge in [0.1, 0.15) is 11.2 Å². The summed E-state index contributed by atoms with van der Waals surface area (Å²) in [5, 5.41) is 7.36. The second-order valence-electron chi connectivity index (χ2n) is 12.5. The van der Waals surface area contributed by atoms with Gasteiger partial charge in [0, 0.05) is 37.6 Å². The molecule has 49 heavy (non-hydrogen) atoms. The third kappa shape index (κ3) is 4.62. The number of anilines is 3. The van der Waals surface area contributed by atoms with E-state index in [2.05, 4.69) is 169 Å². The molecular formula is C46H29NOS. The van der Waals surface area contributed by atoms with E-state index in [1.54, 1.807) is 0 Å². The van der Waals surface area contributed by atoms with Gasteiger partial charge in [-0.2, -0.15) is 0 Å². The third-order valence-corrected chi connectivity index (χ3v) is 10.9. The molecule has 0 radical (unpaired) electrons. The molecule has 2 nitrogen and oxygen atoms in total. The molecule has 0 bridgehead atoms. The maximum atomic E-state index is 6.27. The Balaban J connectivity index is 1.16. The zero-order chi connectivity index (χ0) is 32.3. The van der Waals surface area contributed by atoms with Crippen LogP contribution in [0, 0.1) is 0 Å². The summed E-state index contributed by atoms with van der Waals surface area (Å²) in [6.07, 6.45) is 0. The SMILES string of the molecule is c1cc(-c2cccc3oc4ccccc4c23)cc(N(c2ccc(-c3ccc4ccccc4c3)cc2)c2cccc3c2sc2ccccc23)c1. The molecule has 2 aromatic heterocycles. The standard InChI is InChI=1S/C46H29NOS/c1-2-11-32-28-33(23-22-30(32)10-1)31-24-26-35(27-25-31)47(41-18-8-17-39-38-14-4-6-21-44(38)49-46(39)41)36-13-7-12-34(29-36)37-16-9-20-43-45(37)40-15-3-5-19-42(40)48-43/h1-29H. The van der Waals surface area contributed by atoms with Crippen LogP contribution in [0.2, 0.25) is 0 Å². The van der Waals surface area contributed by atoms with Crippen molar-refractivity contribution >= 4 is 81.3 Å². The zero-order valence-electron chi connectivity index (χ0n) is 26.5. The van der Waals surface area contributed by atoms with Crippen molar-refractivity contribution < 1.29 is 4.42 Å². The van der Waals surface area contributed by atoms with E-state index >= 15 is 0 Å². The molecule has 0 spiro atoms. The summed E-state index contributed by atoms with van der Waals surface area (Å²) in [4.78, 5) is 2.42. The molecule has 0 aliphatic heterocycles. The number of benzene rings is 8. The molecule has 0 unspecified atom stereocenters. The molecule has 0 saturated carbocycles. The van der Waals surface area contributed by atoms with Crippen molar-refractivity contribution in [3.63, 3.8) is 0 Å². The Morgan fingerprint density at radius 3 is 2.06 bits per heavy atom. The van der Waals surface area contributed by atoms with E-state index in [1.165, 1.54) is 47.8 Å². The molecule has 0 aliphatic rings. The van der Waals surface area contributed by atoms with Gasteiger partial charge in [-0.05, 0) is 87.6 Å². The Bertz CT molecular complexity index is 2840. The van der Waals surface area contributed by atoms with Gasteiger partial charge in [-0.25, -0.2) is 0 Å². The summed E-state index contributed by atoms with van der Waals surface area (Å²) >= 11 is 1.86. The number of fused-ring (bicyclic) bond motifs is 7. The lowest BCUT2D eigenvalue weighted by molar-refractivity contribution is 0.669. The van der Waals surface area contributed by atoms with Gasteiger partial charge in [0.15, 0.2) is 0 Å². The summed E-state index contributed by atoms with van der Waals surface area (Å²) < 4.78 is 8.84. The first-order valence-corrected chi connectivity index (χ1v) is 17.4. The average Bonchev–Trinajstić information content (AvgIpc) is 3.74. The van der Waals surface area contributed by atoms with Gasteiger partial charge in [0.25, 0.3) is 0 Å². The first kappa shape index (κ1) is 27.9. The van der Waals surface area contributed by atoms with Gasteiger partial charge in [0.2, 0.25) is 0 Å². The molecule has 0 N–H and O–H groups in total. The Hall–Kier alpha value is -6.16. The molecule has 0 aliphatic carbocycles. The van der Waals surface area contributed by atoms with Crippen LogP contribution in [0.3, 0.4) is 0 Å². The molecule has 230 valence electrons. The number of hydrogen-bond acceptors (Lipinski definition) is 3. The molecule has 0 saturated heterocycles. The average molecular weight is 644 g/mol. The molecule has 10 aromatic rings. The highest BCUT2D eigenvalue weighted by Crippen LogP contribution is 2.46. The van der Waals surface area contributed by atoms with Crippen LogP contribution in [-0.2, 0) is 0 Å². The quantitative estimate of drug-likeness (QED) is 0.186. The highest BCUT2D eigenvalue weighted by Gasteiger charge is 2.20. The minimum Gasteiger partial charge on any atom is -0.456 e. The lowest BCUT2D eigenvalue weighted by atomic mass is 9.98. The van der Waals surface area contributed by atoms with Crippen LogP contribution in [0.15, 0.2) is 180 Å². The summed E-state index contributed by atoms with van der Waals surface area (Å²) in [6, 6.07) is 63.3. The van der Waals surface area contributed by atoms with Crippen molar-refractivity contribution in [1.82, 2.24) is 0 Å². The molecule has 0 amide bonds. The van der Waals surface area contributed by atoms with E-state index in [4.69, 9.17) is 4.42 Å². The third-order valence-electron chi connectivity index (χ3n) is 9.65. The highest BCUT2D eigenvalue weighted by molar-refractivity contribution is 7.26. The number of furan rings is 1. The topological polar surface area (TPSA) is 16.4 Å². The normalized spacial score (nSPS) is 11.7. The maximum absolute atomic E-state index is 6.27. The van der Waals surface area contributed by atoms with E-state index in [-0.39, 0.29) is 0 Å². The number of rotatable bonds is 5. The van der Waals surface area contributed by atoms with Crippen molar-refractivity contribution in [3.8, 4) is 22.3 Å². The van der Waals surface area contributed by atoms with E-state index < -0.39 is 0 Å². The van der Waals surface area contributed by atoms with Crippen LogP contribution in [0.25, 0.3) is 75.1 Å². The largest absolute Gasteiger partial charge is 0.456 e. The van der Waals surface area contributed by atoms with Crippen molar-refractivity contribution in [2.45, 2.75) is 0 Å². The smallest absolute Gasteiger partial charge is 0.136 e. The fourth-order valence-electron chi connectivity index (χ4n) is 7.34. The molecule has 3 heteroatoms. The van der Waals surface area contributed by atoms with Gasteiger partial charge in [-0.3, -0.25) is 0 Å².